The fourth-order valence-corrected chi connectivity index (χ4v) is 1.85. The molecular weight excluding hydrogens is 188 g/mol. The maximum absolute atomic E-state index is 11.5. The van der Waals surface area contributed by atoms with Gasteiger partial charge in [-0.25, -0.2) is 4.99 Å². The van der Waals surface area contributed by atoms with Crippen molar-refractivity contribution >= 4 is 12.1 Å². The molecule has 1 heterocycles. The molecule has 0 saturated heterocycles. The number of hydrogen-bond acceptors (Lipinski definition) is 2. The topological polar surface area (TPSA) is 41.5 Å². The minimum atomic E-state index is -0.156. The number of carbonyl (C=O) groups is 1. The van der Waals surface area contributed by atoms with Crippen LogP contribution in [0.1, 0.15) is 18.1 Å². The van der Waals surface area contributed by atoms with Crippen LogP contribution in [0.25, 0.3) is 0 Å². The Kier molecular flexibility index (Phi) is 2.92. The van der Waals surface area contributed by atoms with Gasteiger partial charge in [0.05, 0.1) is 6.04 Å². The van der Waals surface area contributed by atoms with Gasteiger partial charge in [-0.2, -0.15) is 0 Å². The van der Waals surface area contributed by atoms with E-state index >= 15 is 0 Å². The SMILES string of the molecule is CC=NC(=O)C1Cc2ccccc2CN1. The first-order chi connectivity index (χ1) is 7.31. The Morgan fingerprint density at radius 3 is 2.93 bits per heavy atom. The minimum absolute atomic E-state index is 0.0768. The average Bonchev–Trinajstić information content (AvgIpc) is 2.29. The Balaban J connectivity index is 2.15. The molecule has 3 heteroatoms. The number of hydrogen-bond donors (Lipinski definition) is 1. The molecule has 1 N–H and O–H groups in total. The van der Waals surface area contributed by atoms with Crippen LogP contribution >= 0.6 is 0 Å². The Bertz CT molecular complexity index is 398. The number of nitrogens with zero attached hydrogens (tertiary/aromatic N) is 1. The van der Waals surface area contributed by atoms with E-state index in [9.17, 15) is 4.79 Å². The summed E-state index contributed by atoms with van der Waals surface area (Å²) in [4.78, 5) is 15.3. The van der Waals surface area contributed by atoms with Crippen molar-refractivity contribution in [1.82, 2.24) is 5.32 Å². The van der Waals surface area contributed by atoms with Crippen molar-refractivity contribution < 1.29 is 4.79 Å². The molecule has 0 aliphatic carbocycles. The van der Waals surface area contributed by atoms with E-state index < -0.39 is 0 Å². The van der Waals surface area contributed by atoms with Gasteiger partial charge in [-0.05, 0) is 24.5 Å². The normalized spacial score (nSPS) is 20.2. The van der Waals surface area contributed by atoms with Crippen molar-refractivity contribution in [2.45, 2.75) is 25.9 Å². The first-order valence-electron chi connectivity index (χ1n) is 5.14. The highest BCUT2D eigenvalue weighted by atomic mass is 16.1. The Morgan fingerprint density at radius 1 is 1.47 bits per heavy atom. The number of fused-ring (bicyclic) bond motifs is 1. The first-order valence-corrected chi connectivity index (χ1v) is 5.14. The zero-order chi connectivity index (χ0) is 10.7. The second-order valence-corrected chi connectivity index (χ2v) is 3.63. The molecule has 0 saturated carbocycles. The number of nitrogens with one attached hydrogen (secondary N) is 1. The predicted octanol–water partition coefficient (Wildman–Crippen LogP) is 1.32. The second-order valence-electron chi connectivity index (χ2n) is 3.63. The van der Waals surface area contributed by atoms with Crippen molar-refractivity contribution in [3.63, 3.8) is 0 Å². The quantitative estimate of drug-likeness (QED) is 0.698. The highest BCUT2D eigenvalue weighted by Crippen LogP contribution is 2.16. The average molecular weight is 202 g/mol. The van der Waals surface area contributed by atoms with Crippen molar-refractivity contribution in [3.8, 4) is 0 Å². The lowest BCUT2D eigenvalue weighted by Crippen LogP contribution is -2.41. The summed E-state index contributed by atoms with van der Waals surface area (Å²) in [5, 5.41) is 3.20. The summed E-state index contributed by atoms with van der Waals surface area (Å²) in [5.74, 6) is -0.0768. The highest BCUT2D eigenvalue weighted by molar-refractivity contribution is 5.89. The Morgan fingerprint density at radius 2 is 2.20 bits per heavy atom. The molecule has 1 aromatic rings. The van der Waals surface area contributed by atoms with Crippen LogP contribution in [0.4, 0.5) is 0 Å². The van der Waals surface area contributed by atoms with Gasteiger partial charge in [-0.3, -0.25) is 4.79 Å². The van der Waals surface area contributed by atoms with Gasteiger partial charge in [0.25, 0.3) is 5.91 Å². The lowest BCUT2D eigenvalue weighted by Gasteiger charge is -2.23. The van der Waals surface area contributed by atoms with Gasteiger partial charge < -0.3 is 5.32 Å². The standard InChI is InChI=1S/C12H14N2O/c1-2-13-12(15)11-7-9-5-3-4-6-10(9)8-14-11/h2-6,11,14H,7-8H2,1H3. The van der Waals surface area contributed by atoms with E-state index in [4.69, 9.17) is 0 Å². The molecule has 0 radical (unpaired) electrons. The molecule has 1 aliphatic rings. The smallest absolute Gasteiger partial charge is 0.262 e. The fourth-order valence-electron chi connectivity index (χ4n) is 1.85. The molecule has 1 atom stereocenters. The van der Waals surface area contributed by atoms with Crippen molar-refractivity contribution in [2.75, 3.05) is 0 Å². The third-order valence-electron chi connectivity index (χ3n) is 2.64. The third-order valence-corrected chi connectivity index (χ3v) is 2.64. The summed E-state index contributed by atoms with van der Waals surface area (Å²) in [7, 11) is 0. The Labute approximate surface area is 89.2 Å². The van der Waals surface area contributed by atoms with Gasteiger partial charge in [0.15, 0.2) is 0 Å². The lowest BCUT2D eigenvalue weighted by molar-refractivity contribution is -0.119. The van der Waals surface area contributed by atoms with Crippen LogP contribution in [0, 0.1) is 0 Å². The molecule has 0 bridgehead atoms. The van der Waals surface area contributed by atoms with Crippen LogP contribution in [-0.4, -0.2) is 18.2 Å². The number of carbonyl (C=O) groups excluding carboxylic acids is 1. The largest absolute Gasteiger partial charge is 0.301 e. The van der Waals surface area contributed by atoms with E-state index in [2.05, 4.69) is 22.4 Å². The number of aliphatic imine (C=N–C) groups is 1. The maximum atomic E-state index is 11.5. The van der Waals surface area contributed by atoms with E-state index in [1.807, 2.05) is 12.1 Å². The molecule has 3 nitrogen and oxygen atoms in total. The van der Waals surface area contributed by atoms with Crippen LogP contribution in [0.15, 0.2) is 29.3 Å². The summed E-state index contributed by atoms with van der Waals surface area (Å²) >= 11 is 0. The molecule has 0 fully saturated rings. The zero-order valence-corrected chi connectivity index (χ0v) is 8.73. The third kappa shape index (κ3) is 2.13. The number of benzene rings is 1. The molecule has 1 unspecified atom stereocenters. The summed E-state index contributed by atoms with van der Waals surface area (Å²) in [6.45, 7) is 2.51. The van der Waals surface area contributed by atoms with E-state index in [1.54, 1.807) is 13.1 Å². The van der Waals surface area contributed by atoms with Gasteiger partial charge in [0.1, 0.15) is 0 Å². The van der Waals surface area contributed by atoms with E-state index in [-0.39, 0.29) is 11.9 Å². The maximum Gasteiger partial charge on any atom is 0.262 e. The fraction of sp³-hybridized carbons (Fsp3) is 0.333. The van der Waals surface area contributed by atoms with Crippen molar-refractivity contribution in [3.05, 3.63) is 35.4 Å². The monoisotopic (exact) mass is 202 g/mol. The molecule has 2 rings (SSSR count). The predicted molar refractivity (Wildman–Crippen MR) is 59.9 cm³/mol. The van der Waals surface area contributed by atoms with Gasteiger partial charge >= 0.3 is 0 Å². The van der Waals surface area contributed by atoms with Crippen LogP contribution in [-0.2, 0) is 17.8 Å². The molecule has 78 valence electrons. The first kappa shape index (κ1) is 10.1. The van der Waals surface area contributed by atoms with Crippen molar-refractivity contribution in [2.24, 2.45) is 4.99 Å². The molecule has 1 aliphatic heterocycles. The molecule has 0 spiro atoms. The summed E-state index contributed by atoms with van der Waals surface area (Å²) < 4.78 is 0. The minimum Gasteiger partial charge on any atom is -0.301 e. The van der Waals surface area contributed by atoms with Gasteiger partial charge in [0.2, 0.25) is 0 Å². The van der Waals surface area contributed by atoms with E-state index in [0.717, 1.165) is 13.0 Å². The van der Waals surface area contributed by atoms with E-state index in [0.29, 0.717) is 0 Å². The van der Waals surface area contributed by atoms with Crippen LogP contribution < -0.4 is 5.32 Å². The van der Waals surface area contributed by atoms with Gasteiger partial charge in [-0.15, -0.1) is 0 Å². The summed E-state index contributed by atoms with van der Waals surface area (Å²) in [5.41, 5.74) is 2.53. The molecule has 1 aromatic carbocycles. The van der Waals surface area contributed by atoms with Crippen molar-refractivity contribution in [1.29, 1.82) is 0 Å². The Hall–Kier alpha value is -1.48. The summed E-state index contributed by atoms with van der Waals surface area (Å²) in [6.07, 6.45) is 2.29. The van der Waals surface area contributed by atoms with E-state index in [1.165, 1.54) is 11.1 Å². The number of amides is 1. The second kappa shape index (κ2) is 4.36. The lowest BCUT2D eigenvalue weighted by atomic mass is 9.96. The molecule has 1 amide bonds. The van der Waals surface area contributed by atoms with Crippen LogP contribution in [0.2, 0.25) is 0 Å². The molecule has 0 aromatic heterocycles. The van der Waals surface area contributed by atoms with Crippen LogP contribution in [0.3, 0.4) is 0 Å². The molecule has 15 heavy (non-hydrogen) atoms. The van der Waals surface area contributed by atoms with Crippen LogP contribution in [0.5, 0.6) is 0 Å². The van der Waals surface area contributed by atoms with Gasteiger partial charge in [-0.1, -0.05) is 24.3 Å². The molecular formula is C12H14N2O. The number of rotatable bonds is 1. The zero-order valence-electron chi connectivity index (χ0n) is 8.73. The highest BCUT2D eigenvalue weighted by Gasteiger charge is 2.22. The van der Waals surface area contributed by atoms with Gasteiger partial charge in [0, 0.05) is 12.8 Å². The summed E-state index contributed by atoms with van der Waals surface area (Å²) in [6, 6.07) is 8.04.